The lowest BCUT2D eigenvalue weighted by molar-refractivity contribution is 0.805. The topological polar surface area (TPSA) is 0 Å². The third-order valence-electron chi connectivity index (χ3n) is 1.90. The monoisotopic (exact) mass is 178 g/mol. The molecule has 0 atom stereocenters. The van der Waals surface area contributed by atoms with E-state index >= 15 is 0 Å². The summed E-state index contributed by atoms with van der Waals surface area (Å²) in [6.07, 6.45) is 18.1. The molecule has 0 N–H and O–H groups in total. The molecule has 0 aliphatic heterocycles. The standard InChI is InChI=1S/C13H22/c1-3-5-7-9-11-13-12-10-8-6-4-2/h3,5,7,10,12H,1,4,6,8-9,11,13H2,2H3. The van der Waals surface area contributed by atoms with Crippen LogP contribution in [0.15, 0.2) is 37.0 Å². The number of hydrogen-bond donors (Lipinski definition) is 0. The maximum Gasteiger partial charge on any atom is -0.0345 e. The molecule has 0 bridgehead atoms. The molecule has 0 radical (unpaired) electrons. The molecule has 0 saturated carbocycles. The second-order valence-corrected chi connectivity index (χ2v) is 3.21. The number of allylic oxidation sites excluding steroid dienone is 5. The van der Waals surface area contributed by atoms with Gasteiger partial charge in [-0.3, -0.25) is 0 Å². The SMILES string of the molecule is C=CC=CCCCC=CCCCC. The van der Waals surface area contributed by atoms with E-state index in [1.165, 1.54) is 38.5 Å². The molecule has 0 nitrogen and oxygen atoms in total. The van der Waals surface area contributed by atoms with Crippen molar-refractivity contribution in [3.05, 3.63) is 37.0 Å². The summed E-state index contributed by atoms with van der Waals surface area (Å²) < 4.78 is 0. The van der Waals surface area contributed by atoms with Gasteiger partial charge in [0.2, 0.25) is 0 Å². The maximum atomic E-state index is 3.63. The third-order valence-corrected chi connectivity index (χ3v) is 1.90. The first-order valence-corrected chi connectivity index (χ1v) is 5.34. The van der Waals surface area contributed by atoms with Crippen LogP contribution in [0.2, 0.25) is 0 Å². The molecule has 74 valence electrons. The highest BCUT2D eigenvalue weighted by Gasteiger charge is 1.80. The van der Waals surface area contributed by atoms with E-state index in [4.69, 9.17) is 0 Å². The van der Waals surface area contributed by atoms with Crippen molar-refractivity contribution in [3.63, 3.8) is 0 Å². The Hall–Kier alpha value is -0.780. The van der Waals surface area contributed by atoms with Crippen LogP contribution < -0.4 is 0 Å². The summed E-state index contributed by atoms with van der Waals surface area (Å²) in [4.78, 5) is 0. The fraction of sp³-hybridized carbons (Fsp3) is 0.538. The van der Waals surface area contributed by atoms with Gasteiger partial charge in [-0.05, 0) is 25.7 Å². The van der Waals surface area contributed by atoms with Crippen molar-refractivity contribution >= 4 is 0 Å². The van der Waals surface area contributed by atoms with Crippen molar-refractivity contribution in [2.45, 2.75) is 45.4 Å². The summed E-state index contributed by atoms with van der Waals surface area (Å²) in [7, 11) is 0. The number of rotatable bonds is 8. The van der Waals surface area contributed by atoms with E-state index in [2.05, 4.69) is 31.7 Å². The normalized spacial score (nSPS) is 11.5. The molecule has 0 fully saturated rings. The highest BCUT2D eigenvalue weighted by Crippen LogP contribution is 2.00. The van der Waals surface area contributed by atoms with E-state index in [9.17, 15) is 0 Å². The van der Waals surface area contributed by atoms with Crippen molar-refractivity contribution in [1.82, 2.24) is 0 Å². The second-order valence-electron chi connectivity index (χ2n) is 3.21. The predicted octanol–water partition coefficient (Wildman–Crippen LogP) is 4.65. The van der Waals surface area contributed by atoms with E-state index in [1.807, 2.05) is 12.2 Å². The van der Waals surface area contributed by atoms with Crippen molar-refractivity contribution in [2.24, 2.45) is 0 Å². The fourth-order valence-corrected chi connectivity index (χ4v) is 1.10. The van der Waals surface area contributed by atoms with Gasteiger partial charge in [0.1, 0.15) is 0 Å². The second kappa shape index (κ2) is 11.2. The molecule has 0 aliphatic rings. The fourth-order valence-electron chi connectivity index (χ4n) is 1.10. The molecule has 0 heterocycles. The zero-order valence-electron chi connectivity index (χ0n) is 8.84. The van der Waals surface area contributed by atoms with Crippen molar-refractivity contribution in [1.29, 1.82) is 0 Å². The van der Waals surface area contributed by atoms with Gasteiger partial charge in [-0.2, -0.15) is 0 Å². The zero-order valence-corrected chi connectivity index (χ0v) is 8.84. The molecule has 0 unspecified atom stereocenters. The Bertz CT molecular complexity index is 151. The minimum absolute atomic E-state index is 1.17. The number of unbranched alkanes of at least 4 members (excludes halogenated alkanes) is 4. The van der Waals surface area contributed by atoms with Crippen LogP contribution in [0.3, 0.4) is 0 Å². The van der Waals surface area contributed by atoms with Gasteiger partial charge in [-0.15, -0.1) is 0 Å². The van der Waals surface area contributed by atoms with Crippen LogP contribution in [0.1, 0.15) is 45.4 Å². The Balaban J connectivity index is 3.10. The minimum Gasteiger partial charge on any atom is -0.0991 e. The molecule has 0 aromatic rings. The van der Waals surface area contributed by atoms with Gasteiger partial charge < -0.3 is 0 Å². The van der Waals surface area contributed by atoms with Crippen LogP contribution >= 0.6 is 0 Å². The van der Waals surface area contributed by atoms with Gasteiger partial charge in [-0.1, -0.05) is 56.7 Å². The van der Waals surface area contributed by atoms with Crippen LogP contribution in [0, 0.1) is 0 Å². The molecule has 0 rings (SSSR count). The number of hydrogen-bond acceptors (Lipinski definition) is 0. The Morgan fingerprint density at radius 1 is 0.923 bits per heavy atom. The maximum absolute atomic E-state index is 3.63. The lowest BCUT2D eigenvalue weighted by atomic mass is 10.2. The van der Waals surface area contributed by atoms with Gasteiger partial charge in [0.25, 0.3) is 0 Å². The molecule has 13 heavy (non-hydrogen) atoms. The summed E-state index contributed by atoms with van der Waals surface area (Å²) in [5, 5.41) is 0. The first-order chi connectivity index (χ1) is 6.41. The first kappa shape index (κ1) is 12.2. The minimum atomic E-state index is 1.17. The molecule has 0 saturated heterocycles. The average Bonchev–Trinajstić information content (AvgIpc) is 2.16. The van der Waals surface area contributed by atoms with Crippen molar-refractivity contribution in [3.8, 4) is 0 Å². The van der Waals surface area contributed by atoms with Crippen molar-refractivity contribution < 1.29 is 0 Å². The van der Waals surface area contributed by atoms with Gasteiger partial charge >= 0.3 is 0 Å². The summed E-state index contributed by atoms with van der Waals surface area (Å²) >= 11 is 0. The summed E-state index contributed by atoms with van der Waals surface area (Å²) in [6.45, 7) is 5.86. The Labute approximate surface area is 83.0 Å². The molecular formula is C13H22. The Kier molecular flexibility index (Phi) is 10.5. The van der Waals surface area contributed by atoms with Crippen LogP contribution in [-0.4, -0.2) is 0 Å². The highest BCUT2D eigenvalue weighted by atomic mass is 13.9. The van der Waals surface area contributed by atoms with Crippen LogP contribution in [0.4, 0.5) is 0 Å². The van der Waals surface area contributed by atoms with Gasteiger partial charge in [0, 0.05) is 0 Å². The molecule has 0 aromatic carbocycles. The largest absolute Gasteiger partial charge is 0.0991 e. The van der Waals surface area contributed by atoms with Crippen LogP contribution in [0.25, 0.3) is 0 Å². The Morgan fingerprint density at radius 2 is 1.54 bits per heavy atom. The summed E-state index contributed by atoms with van der Waals surface area (Å²) in [6, 6.07) is 0. The van der Waals surface area contributed by atoms with Gasteiger partial charge in [-0.25, -0.2) is 0 Å². The molecule has 0 amide bonds. The van der Waals surface area contributed by atoms with E-state index in [-0.39, 0.29) is 0 Å². The quantitative estimate of drug-likeness (QED) is 0.288. The van der Waals surface area contributed by atoms with Gasteiger partial charge in [0.15, 0.2) is 0 Å². The van der Waals surface area contributed by atoms with Crippen LogP contribution in [0.5, 0.6) is 0 Å². The van der Waals surface area contributed by atoms with E-state index < -0.39 is 0 Å². The first-order valence-electron chi connectivity index (χ1n) is 5.34. The highest BCUT2D eigenvalue weighted by molar-refractivity contribution is 4.97. The third kappa shape index (κ3) is 11.2. The molecule has 0 aromatic heterocycles. The van der Waals surface area contributed by atoms with Crippen LogP contribution in [-0.2, 0) is 0 Å². The van der Waals surface area contributed by atoms with Gasteiger partial charge in [0.05, 0.1) is 0 Å². The molecule has 0 spiro atoms. The molecular weight excluding hydrogens is 156 g/mol. The lowest BCUT2D eigenvalue weighted by Crippen LogP contribution is -1.70. The smallest absolute Gasteiger partial charge is 0.0345 e. The molecule has 0 heteroatoms. The zero-order chi connectivity index (χ0) is 9.78. The van der Waals surface area contributed by atoms with E-state index in [0.717, 1.165) is 0 Å². The van der Waals surface area contributed by atoms with E-state index in [1.54, 1.807) is 0 Å². The summed E-state index contributed by atoms with van der Waals surface area (Å²) in [5.74, 6) is 0. The average molecular weight is 178 g/mol. The van der Waals surface area contributed by atoms with E-state index in [0.29, 0.717) is 0 Å². The Morgan fingerprint density at radius 3 is 2.15 bits per heavy atom. The molecule has 0 aliphatic carbocycles. The predicted molar refractivity (Wildman–Crippen MR) is 61.9 cm³/mol. The van der Waals surface area contributed by atoms with Crippen molar-refractivity contribution in [2.75, 3.05) is 0 Å². The lowest BCUT2D eigenvalue weighted by Gasteiger charge is -1.90. The summed E-state index contributed by atoms with van der Waals surface area (Å²) in [5.41, 5.74) is 0.